The number of aromatic nitrogens is 2. The maximum atomic E-state index is 12.2. The monoisotopic (exact) mass is 402 g/mol. The number of esters is 1. The molecule has 3 aromatic rings. The molecule has 9 heteroatoms. The van der Waals surface area contributed by atoms with Gasteiger partial charge in [-0.15, -0.1) is 11.3 Å². The molecule has 0 aliphatic carbocycles. The van der Waals surface area contributed by atoms with Crippen molar-refractivity contribution in [3.8, 4) is 0 Å². The number of carbonyl (C=O) groups excluding carboxylic acids is 1. The van der Waals surface area contributed by atoms with Crippen LogP contribution < -0.4 is 5.56 Å². The Bertz CT molecular complexity index is 1010. The molecule has 0 radical (unpaired) electrons. The van der Waals surface area contributed by atoms with Crippen LogP contribution in [0, 0.1) is 6.92 Å². The minimum atomic E-state index is -0.739. The Morgan fingerprint density at radius 3 is 2.75 bits per heavy atom. The Hall–Kier alpha value is -1.60. The number of halogens is 3. The fourth-order valence-corrected chi connectivity index (χ4v) is 3.67. The van der Waals surface area contributed by atoms with E-state index < -0.39 is 5.97 Å². The molecular weight excluding hydrogens is 395 g/mol. The SMILES string of the molecule is Cc1csc2nc(COC(=O)c3c(Cl)ccc(Cl)c3Cl)cc(=O)n12. The second kappa shape index (κ2) is 6.72. The molecule has 24 heavy (non-hydrogen) atoms. The predicted octanol–water partition coefficient (Wildman–Crippen LogP) is 4.38. The van der Waals surface area contributed by atoms with Crippen molar-refractivity contribution in [1.29, 1.82) is 0 Å². The van der Waals surface area contributed by atoms with E-state index in [1.165, 1.54) is 33.9 Å². The van der Waals surface area contributed by atoms with Crippen LogP contribution in [0.5, 0.6) is 0 Å². The van der Waals surface area contributed by atoms with E-state index in [-0.39, 0.29) is 32.8 Å². The van der Waals surface area contributed by atoms with Gasteiger partial charge >= 0.3 is 5.97 Å². The molecule has 5 nitrogen and oxygen atoms in total. The third-order valence-electron chi connectivity index (χ3n) is 3.23. The summed E-state index contributed by atoms with van der Waals surface area (Å²) < 4.78 is 6.66. The third kappa shape index (κ3) is 3.15. The Morgan fingerprint density at radius 1 is 1.29 bits per heavy atom. The summed E-state index contributed by atoms with van der Waals surface area (Å²) in [6.07, 6.45) is 0. The molecule has 1 aromatic carbocycles. The molecule has 2 aromatic heterocycles. The Balaban J connectivity index is 1.85. The summed E-state index contributed by atoms with van der Waals surface area (Å²) in [7, 11) is 0. The molecule has 0 fully saturated rings. The molecule has 0 bridgehead atoms. The summed E-state index contributed by atoms with van der Waals surface area (Å²) in [6, 6.07) is 4.26. The van der Waals surface area contributed by atoms with Crippen molar-refractivity contribution in [2.45, 2.75) is 13.5 Å². The topological polar surface area (TPSA) is 60.7 Å². The van der Waals surface area contributed by atoms with Crippen LogP contribution in [0.2, 0.25) is 15.1 Å². The average molecular weight is 404 g/mol. The Morgan fingerprint density at radius 2 is 2.00 bits per heavy atom. The van der Waals surface area contributed by atoms with Crippen molar-refractivity contribution in [3.05, 3.63) is 66.0 Å². The van der Waals surface area contributed by atoms with Crippen LogP contribution in [-0.4, -0.2) is 15.4 Å². The van der Waals surface area contributed by atoms with Crippen molar-refractivity contribution in [1.82, 2.24) is 9.38 Å². The minimum Gasteiger partial charge on any atom is -0.455 e. The van der Waals surface area contributed by atoms with Crippen LogP contribution in [0.25, 0.3) is 4.96 Å². The third-order valence-corrected chi connectivity index (χ3v) is 5.29. The zero-order chi connectivity index (χ0) is 17.4. The fraction of sp³-hybridized carbons (Fsp3) is 0.133. The molecule has 0 aliphatic rings. The second-order valence-electron chi connectivity index (χ2n) is 4.88. The smallest absolute Gasteiger partial charge is 0.341 e. The van der Waals surface area contributed by atoms with Gasteiger partial charge in [-0.2, -0.15) is 0 Å². The van der Waals surface area contributed by atoms with E-state index in [9.17, 15) is 9.59 Å². The van der Waals surface area contributed by atoms with Crippen molar-refractivity contribution in [2.75, 3.05) is 0 Å². The van der Waals surface area contributed by atoms with Gasteiger partial charge in [0.25, 0.3) is 5.56 Å². The first-order valence-corrected chi connectivity index (χ1v) is 8.67. The number of fused-ring (bicyclic) bond motifs is 1. The molecular formula is C15H9Cl3N2O3S. The number of hydrogen-bond acceptors (Lipinski definition) is 5. The van der Waals surface area contributed by atoms with Crippen LogP contribution in [-0.2, 0) is 11.3 Å². The number of rotatable bonds is 3. The summed E-state index contributed by atoms with van der Waals surface area (Å²) in [4.78, 5) is 29.1. The van der Waals surface area contributed by atoms with Gasteiger partial charge in [0.05, 0.1) is 26.3 Å². The van der Waals surface area contributed by atoms with E-state index in [2.05, 4.69) is 4.98 Å². The number of carbonyl (C=O) groups is 1. The van der Waals surface area contributed by atoms with Gasteiger partial charge in [-0.3, -0.25) is 9.20 Å². The summed E-state index contributed by atoms with van der Waals surface area (Å²) >= 11 is 19.2. The summed E-state index contributed by atoms with van der Waals surface area (Å²) in [5, 5.41) is 2.17. The van der Waals surface area contributed by atoms with Gasteiger partial charge in [0.1, 0.15) is 6.61 Å². The lowest BCUT2D eigenvalue weighted by Crippen LogP contribution is -2.16. The zero-order valence-electron chi connectivity index (χ0n) is 12.2. The van der Waals surface area contributed by atoms with Crippen LogP contribution in [0.3, 0.4) is 0 Å². The van der Waals surface area contributed by atoms with Gasteiger partial charge in [0.15, 0.2) is 4.96 Å². The van der Waals surface area contributed by atoms with E-state index in [1.807, 2.05) is 12.3 Å². The highest BCUT2D eigenvalue weighted by Crippen LogP contribution is 2.32. The first-order valence-electron chi connectivity index (χ1n) is 6.66. The fourth-order valence-electron chi connectivity index (χ4n) is 2.10. The molecule has 0 aliphatic heterocycles. The van der Waals surface area contributed by atoms with E-state index in [0.29, 0.717) is 10.7 Å². The standard InChI is InChI=1S/C15H9Cl3N2O3S/c1-7-6-24-15-19-8(4-11(21)20(7)15)5-23-14(22)12-9(16)2-3-10(17)13(12)18/h2-4,6H,5H2,1H3. The van der Waals surface area contributed by atoms with Gasteiger partial charge in [-0.05, 0) is 19.1 Å². The number of benzene rings is 1. The second-order valence-corrected chi connectivity index (χ2v) is 6.90. The molecule has 0 N–H and O–H groups in total. The molecule has 0 spiro atoms. The molecule has 2 heterocycles. The van der Waals surface area contributed by atoms with Crippen molar-refractivity contribution < 1.29 is 9.53 Å². The normalized spacial score (nSPS) is 11.0. The van der Waals surface area contributed by atoms with Crippen LogP contribution in [0.4, 0.5) is 0 Å². The van der Waals surface area contributed by atoms with Gasteiger partial charge in [0.2, 0.25) is 0 Å². The molecule has 3 rings (SSSR count). The minimum absolute atomic E-state index is 0.0180. The number of ether oxygens (including phenoxy) is 1. The molecule has 0 saturated carbocycles. The quantitative estimate of drug-likeness (QED) is 0.481. The highest BCUT2D eigenvalue weighted by Gasteiger charge is 2.19. The first kappa shape index (κ1) is 17.2. The summed E-state index contributed by atoms with van der Waals surface area (Å²) in [5.41, 5.74) is 0.886. The van der Waals surface area contributed by atoms with Crippen molar-refractivity contribution in [3.63, 3.8) is 0 Å². The highest BCUT2D eigenvalue weighted by atomic mass is 35.5. The number of thiazole rings is 1. The lowest BCUT2D eigenvalue weighted by atomic mass is 10.2. The largest absolute Gasteiger partial charge is 0.455 e. The van der Waals surface area contributed by atoms with E-state index in [0.717, 1.165) is 5.69 Å². The van der Waals surface area contributed by atoms with Gasteiger partial charge in [-0.25, -0.2) is 9.78 Å². The van der Waals surface area contributed by atoms with Crippen LogP contribution in [0.15, 0.2) is 28.4 Å². The number of nitrogens with zero attached hydrogens (tertiary/aromatic N) is 2. The van der Waals surface area contributed by atoms with Crippen LogP contribution in [0.1, 0.15) is 21.7 Å². The molecule has 0 unspecified atom stereocenters. The zero-order valence-corrected chi connectivity index (χ0v) is 15.3. The maximum Gasteiger partial charge on any atom is 0.341 e. The van der Waals surface area contributed by atoms with E-state index in [1.54, 1.807) is 0 Å². The highest BCUT2D eigenvalue weighted by molar-refractivity contribution is 7.15. The first-order chi connectivity index (χ1) is 11.4. The maximum absolute atomic E-state index is 12.2. The predicted molar refractivity (Wildman–Crippen MR) is 94.7 cm³/mol. The molecule has 124 valence electrons. The lowest BCUT2D eigenvalue weighted by Gasteiger charge is -2.08. The van der Waals surface area contributed by atoms with E-state index in [4.69, 9.17) is 39.5 Å². The van der Waals surface area contributed by atoms with Gasteiger partial charge < -0.3 is 4.74 Å². The summed E-state index contributed by atoms with van der Waals surface area (Å²) in [5.74, 6) is -0.739. The van der Waals surface area contributed by atoms with Gasteiger partial charge in [-0.1, -0.05) is 34.8 Å². The van der Waals surface area contributed by atoms with Crippen LogP contribution >= 0.6 is 46.1 Å². The van der Waals surface area contributed by atoms with E-state index >= 15 is 0 Å². The molecule has 0 saturated heterocycles. The average Bonchev–Trinajstić information content (AvgIpc) is 2.91. The Labute approximate surface area is 155 Å². The summed E-state index contributed by atoms with van der Waals surface area (Å²) in [6.45, 7) is 1.64. The van der Waals surface area contributed by atoms with Crippen molar-refractivity contribution in [2.24, 2.45) is 0 Å². The van der Waals surface area contributed by atoms with Crippen molar-refractivity contribution >= 4 is 57.1 Å². The molecule has 0 amide bonds. The number of aryl methyl sites for hydroxylation is 1. The van der Waals surface area contributed by atoms with Gasteiger partial charge in [0, 0.05) is 17.1 Å². The number of hydrogen-bond donors (Lipinski definition) is 0. The molecule has 0 atom stereocenters. The Kier molecular flexibility index (Phi) is 4.83. The lowest BCUT2D eigenvalue weighted by molar-refractivity contribution is 0.0468.